The number of carboxylic acids is 1. The number of thioether (sulfide) groups is 1. The molecule has 200 valence electrons. The summed E-state index contributed by atoms with van der Waals surface area (Å²) in [5.74, 6) is -0.662. The van der Waals surface area contributed by atoms with E-state index >= 15 is 0 Å². The second-order valence-corrected chi connectivity index (χ2v) is 10.3. The van der Waals surface area contributed by atoms with Crippen LogP contribution >= 0.6 is 11.8 Å². The van der Waals surface area contributed by atoms with Crippen molar-refractivity contribution in [3.8, 4) is 11.1 Å². The van der Waals surface area contributed by atoms with E-state index in [2.05, 4.69) is 5.32 Å². The van der Waals surface area contributed by atoms with E-state index in [9.17, 15) is 19.5 Å². The number of carboxylic acid groups (broad SMARTS) is 1. The molecule has 1 heterocycles. The Morgan fingerprint density at radius 3 is 2.49 bits per heavy atom. The van der Waals surface area contributed by atoms with Crippen LogP contribution in [0.4, 0.5) is 4.79 Å². The maximum Gasteiger partial charge on any atom is 0.409 e. The van der Waals surface area contributed by atoms with E-state index in [0.717, 1.165) is 35.1 Å². The number of benzene rings is 2. The van der Waals surface area contributed by atoms with Crippen LogP contribution in [0.1, 0.15) is 53.7 Å². The molecule has 0 aliphatic carbocycles. The number of aliphatic carboxylic acids is 1. The third-order valence-corrected chi connectivity index (χ3v) is 7.54. The summed E-state index contributed by atoms with van der Waals surface area (Å²) >= 11 is 1.54. The smallest absolute Gasteiger partial charge is 0.409 e. The van der Waals surface area contributed by atoms with E-state index in [1.807, 2.05) is 49.6 Å². The summed E-state index contributed by atoms with van der Waals surface area (Å²) in [5.41, 5.74) is 10.7. The van der Waals surface area contributed by atoms with E-state index in [4.69, 9.17) is 10.5 Å². The SMILES string of the molecule is CCOC(=O)N1CCC(C(N)c2ccc(C(=O)NC(CCSC)C(=O)O)c(-c3ccccc3C)c2)CC1. The molecule has 2 aromatic rings. The van der Waals surface area contributed by atoms with Crippen LogP contribution in [0.5, 0.6) is 0 Å². The monoisotopic (exact) mass is 527 g/mol. The molecule has 2 aromatic carbocycles. The van der Waals surface area contributed by atoms with Gasteiger partial charge in [0, 0.05) is 24.7 Å². The summed E-state index contributed by atoms with van der Waals surface area (Å²) in [7, 11) is 0. The number of nitrogens with one attached hydrogen (secondary N) is 1. The van der Waals surface area contributed by atoms with E-state index < -0.39 is 17.9 Å². The first kappa shape index (κ1) is 28.5. The summed E-state index contributed by atoms with van der Waals surface area (Å²) in [6.07, 6.45) is 3.48. The molecule has 0 saturated carbocycles. The molecule has 1 fully saturated rings. The molecule has 8 nitrogen and oxygen atoms in total. The Kier molecular flexibility index (Phi) is 10.4. The molecule has 1 aliphatic rings. The normalized spacial score (nSPS) is 15.6. The van der Waals surface area contributed by atoms with Crippen LogP contribution in [0.2, 0.25) is 0 Å². The first-order chi connectivity index (χ1) is 17.8. The number of piperidine rings is 1. The molecule has 4 N–H and O–H groups in total. The molecule has 1 aliphatic heterocycles. The lowest BCUT2D eigenvalue weighted by molar-refractivity contribution is -0.139. The number of amides is 2. The standard InChI is InChI=1S/C28H37N3O5S/c1-4-36-28(35)31-14-11-19(12-15-31)25(29)20-9-10-22(23(17-20)21-8-6-5-7-18(21)2)26(32)30-24(27(33)34)13-16-37-3/h5-10,17,19,24-25H,4,11-16,29H2,1-3H3,(H,30,32)(H,33,34). The lowest BCUT2D eigenvalue weighted by Crippen LogP contribution is -2.41. The Balaban J connectivity index is 1.87. The van der Waals surface area contributed by atoms with Crippen molar-refractivity contribution in [2.24, 2.45) is 11.7 Å². The number of nitrogens with zero attached hydrogens (tertiary/aromatic N) is 1. The number of aryl methyl sites for hydroxylation is 1. The molecule has 2 atom stereocenters. The van der Waals surface area contributed by atoms with Gasteiger partial charge >= 0.3 is 12.1 Å². The number of hydrogen-bond donors (Lipinski definition) is 3. The highest BCUT2D eigenvalue weighted by Crippen LogP contribution is 2.34. The zero-order valence-corrected chi connectivity index (χ0v) is 22.6. The van der Waals surface area contributed by atoms with Gasteiger partial charge in [0.25, 0.3) is 5.91 Å². The second-order valence-electron chi connectivity index (χ2n) is 9.31. The zero-order chi connectivity index (χ0) is 26.9. The molecular formula is C28H37N3O5S. The minimum atomic E-state index is -1.05. The highest BCUT2D eigenvalue weighted by molar-refractivity contribution is 7.98. The lowest BCUT2D eigenvalue weighted by atomic mass is 9.84. The Labute approximate surface area is 222 Å². The van der Waals surface area contributed by atoms with Crippen LogP contribution in [-0.2, 0) is 9.53 Å². The first-order valence-corrected chi connectivity index (χ1v) is 14.1. The number of carbonyl (C=O) groups is 3. The van der Waals surface area contributed by atoms with Gasteiger partial charge in [0.1, 0.15) is 6.04 Å². The molecule has 3 rings (SSSR count). The summed E-state index contributed by atoms with van der Waals surface area (Å²) in [5, 5.41) is 12.3. The van der Waals surface area contributed by atoms with Gasteiger partial charge in [0.2, 0.25) is 0 Å². The summed E-state index contributed by atoms with van der Waals surface area (Å²) in [6, 6.07) is 12.1. The second kappa shape index (κ2) is 13.5. The third-order valence-electron chi connectivity index (χ3n) is 6.90. The van der Waals surface area contributed by atoms with Crippen molar-refractivity contribution in [2.75, 3.05) is 31.7 Å². The molecule has 0 aromatic heterocycles. The largest absolute Gasteiger partial charge is 0.480 e. The van der Waals surface area contributed by atoms with Crippen molar-refractivity contribution in [1.29, 1.82) is 0 Å². The maximum absolute atomic E-state index is 13.3. The number of rotatable bonds is 10. The van der Waals surface area contributed by atoms with E-state index in [0.29, 0.717) is 37.4 Å². The maximum atomic E-state index is 13.3. The summed E-state index contributed by atoms with van der Waals surface area (Å²) < 4.78 is 5.12. The van der Waals surface area contributed by atoms with Crippen molar-refractivity contribution in [3.05, 3.63) is 59.2 Å². The molecule has 2 unspecified atom stereocenters. The fourth-order valence-corrected chi connectivity index (χ4v) is 5.19. The van der Waals surface area contributed by atoms with E-state index in [1.165, 1.54) is 11.8 Å². The van der Waals surface area contributed by atoms with Gasteiger partial charge in [-0.3, -0.25) is 4.79 Å². The number of nitrogens with two attached hydrogens (primary N) is 1. The minimum Gasteiger partial charge on any atom is -0.480 e. The Morgan fingerprint density at radius 2 is 1.86 bits per heavy atom. The van der Waals surface area contributed by atoms with Gasteiger partial charge in [-0.25, -0.2) is 9.59 Å². The van der Waals surface area contributed by atoms with Crippen molar-refractivity contribution < 1.29 is 24.2 Å². The van der Waals surface area contributed by atoms with Crippen LogP contribution in [0.15, 0.2) is 42.5 Å². The predicted octanol–water partition coefficient (Wildman–Crippen LogP) is 4.47. The molecule has 9 heteroatoms. The van der Waals surface area contributed by atoms with Crippen LogP contribution in [0, 0.1) is 12.8 Å². The summed E-state index contributed by atoms with van der Waals surface area (Å²) in [6.45, 7) is 5.31. The van der Waals surface area contributed by atoms with Crippen LogP contribution < -0.4 is 11.1 Å². The molecule has 0 bridgehead atoms. The van der Waals surface area contributed by atoms with Crippen LogP contribution in [0.3, 0.4) is 0 Å². The number of ether oxygens (including phenoxy) is 1. The Morgan fingerprint density at radius 1 is 1.16 bits per heavy atom. The highest BCUT2D eigenvalue weighted by Gasteiger charge is 2.29. The molecule has 2 amide bonds. The fourth-order valence-electron chi connectivity index (χ4n) is 4.72. The highest BCUT2D eigenvalue weighted by atomic mass is 32.2. The topological polar surface area (TPSA) is 122 Å². The van der Waals surface area contributed by atoms with Crippen molar-refractivity contribution in [1.82, 2.24) is 10.2 Å². The Bertz CT molecular complexity index is 1100. The van der Waals surface area contributed by atoms with E-state index in [-0.39, 0.29) is 18.1 Å². The fraction of sp³-hybridized carbons (Fsp3) is 0.464. The first-order valence-electron chi connectivity index (χ1n) is 12.7. The molecule has 0 spiro atoms. The zero-order valence-electron chi connectivity index (χ0n) is 21.7. The minimum absolute atomic E-state index is 0.179. The summed E-state index contributed by atoms with van der Waals surface area (Å²) in [4.78, 5) is 38.8. The predicted molar refractivity (Wildman–Crippen MR) is 147 cm³/mol. The number of likely N-dealkylation sites (tertiary alicyclic amines) is 1. The van der Waals surface area contributed by atoms with Crippen molar-refractivity contribution in [2.45, 2.75) is 45.2 Å². The average molecular weight is 528 g/mol. The van der Waals surface area contributed by atoms with Gasteiger partial charge in [0.15, 0.2) is 0 Å². The van der Waals surface area contributed by atoms with Gasteiger partial charge in [-0.05, 0) is 85.4 Å². The molecule has 0 radical (unpaired) electrons. The van der Waals surface area contributed by atoms with Crippen LogP contribution in [-0.4, -0.2) is 65.7 Å². The number of carbonyl (C=O) groups excluding carboxylic acids is 2. The quantitative estimate of drug-likeness (QED) is 0.417. The van der Waals surface area contributed by atoms with Crippen LogP contribution in [0.25, 0.3) is 11.1 Å². The van der Waals surface area contributed by atoms with Gasteiger partial charge in [-0.2, -0.15) is 11.8 Å². The van der Waals surface area contributed by atoms with Gasteiger partial charge in [-0.15, -0.1) is 0 Å². The number of hydrogen-bond acceptors (Lipinski definition) is 6. The average Bonchev–Trinajstić information content (AvgIpc) is 2.90. The van der Waals surface area contributed by atoms with Gasteiger partial charge in [0.05, 0.1) is 6.61 Å². The molecule has 37 heavy (non-hydrogen) atoms. The molecular weight excluding hydrogens is 490 g/mol. The third kappa shape index (κ3) is 7.26. The van der Waals surface area contributed by atoms with Gasteiger partial charge < -0.3 is 25.8 Å². The Hall–Kier alpha value is -3.04. The van der Waals surface area contributed by atoms with E-state index in [1.54, 1.807) is 17.9 Å². The van der Waals surface area contributed by atoms with Crippen molar-refractivity contribution >= 4 is 29.7 Å². The van der Waals surface area contributed by atoms with Crippen molar-refractivity contribution in [3.63, 3.8) is 0 Å². The van der Waals surface area contributed by atoms with Gasteiger partial charge in [-0.1, -0.05) is 30.3 Å². The lowest BCUT2D eigenvalue weighted by Gasteiger charge is -2.34. The molecule has 1 saturated heterocycles.